The molecule has 7 rings (SSSR count). The highest BCUT2D eigenvalue weighted by atomic mass is 19.1. The van der Waals surface area contributed by atoms with E-state index in [1.807, 2.05) is 42.5 Å². The first-order valence-corrected chi connectivity index (χ1v) is 12.3. The van der Waals surface area contributed by atoms with Gasteiger partial charge in [0.2, 0.25) is 0 Å². The maximum atomic E-state index is 14.5. The van der Waals surface area contributed by atoms with Crippen molar-refractivity contribution in [2.45, 2.75) is 6.61 Å². The van der Waals surface area contributed by atoms with Crippen molar-refractivity contribution in [3.8, 4) is 39.7 Å². The average molecular weight is 514 g/mol. The van der Waals surface area contributed by atoms with E-state index in [-0.39, 0.29) is 5.82 Å². The molecule has 2 N–H and O–H groups in total. The van der Waals surface area contributed by atoms with Gasteiger partial charge in [-0.25, -0.2) is 14.4 Å². The lowest BCUT2D eigenvalue weighted by Gasteiger charge is -2.08. The number of rotatable bonds is 6. The van der Waals surface area contributed by atoms with Crippen molar-refractivity contribution in [3.05, 3.63) is 109 Å². The van der Waals surface area contributed by atoms with Crippen LogP contribution in [0.5, 0.6) is 5.75 Å². The van der Waals surface area contributed by atoms with Gasteiger partial charge in [0, 0.05) is 35.3 Å². The minimum absolute atomic E-state index is 0.357. The Morgan fingerprint density at radius 3 is 2.56 bits per heavy atom. The molecule has 8 nitrogen and oxygen atoms in total. The van der Waals surface area contributed by atoms with E-state index in [2.05, 4.69) is 30.1 Å². The predicted octanol–water partition coefficient (Wildman–Crippen LogP) is 6.34. The number of ether oxygens (including phenoxy) is 1. The molecule has 39 heavy (non-hydrogen) atoms. The Morgan fingerprint density at radius 1 is 0.821 bits per heavy atom. The maximum Gasteiger partial charge on any atom is 0.159 e. The molecule has 0 amide bonds. The van der Waals surface area contributed by atoms with Gasteiger partial charge < -0.3 is 9.72 Å². The summed E-state index contributed by atoms with van der Waals surface area (Å²) in [5, 5.41) is 8.24. The first-order valence-electron chi connectivity index (χ1n) is 12.3. The fourth-order valence-electron chi connectivity index (χ4n) is 4.54. The monoisotopic (exact) mass is 513 g/mol. The van der Waals surface area contributed by atoms with Crippen molar-refractivity contribution in [1.82, 2.24) is 35.1 Å². The third kappa shape index (κ3) is 4.25. The highest BCUT2D eigenvalue weighted by Crippen LogP contribution is 2.32. The lowest BCUT2D eigenvalue weighted by molar-refractivity contribution is 0.305. The molecular weight excluding hydrogens is 493 g/mol. The van der Waals surface area contributed by atoms with Crippen molar-refractivity contribution in [3.63, 3.8) is 0 Å². The third-order valence-electron chi connectivity index (χ3n) is 6.47. The number of imidazole rings is 1. The molecule has 188 valence electrons. The molecule has 0 fully saturated rings. The van der Waals surface area contributed by atoms with Crippen molar-refractivity contribution in [2.24, 2.45) is 0 Å². The van der Waals surface area contributed by atoms with Gasteiger partial charge in [0.1, 0.15) is 35.1 Å². The van der Waals surface area contributed by atoms with Gasteiger partial charge in [0.05, 0.1) is 17.1 Å². The fourth-order valence-corrected chi connectivity index (χ4v) is 4.54. The third-order valence-corrected chi connectivity index (χ3v) is 6.47. The number of aromatic nitrogens is 7. The zero-order chi connectivity index (χ0) is 26.2. The molecule has 0 aliphatic carbocycles. The van der Waals surface area contributed by atoms with E-state index in [0.717, 1.165) is 27.6 Å². The topological polar surface area (TPSA) is 105 Å². The van der Waals surface area contributed by atoms with E-state index in [4.69, 9.17) is 9.72 Å². The molecule has 5 heterocycles. The largest absolute Gasteiger partial charge is 0.487 e. The van der Waals surface area contributed by atoms with Crippen LogP contribution in [0.25, 0.3) is 56.0 Å². The number of aromatic amines is 2. The summed E-state index contributed by atoms with van der Waals surface area (Å²) in [7, 11) is 0. The summed E-state index contributed by atoms with van der Waals surface area (Å²) in [5.74, 6) is 0.831. The van der Waals surface area contributed by atoms with Crippen LogP contribution in [0, 0.1) is 5.82 Å². The number of nitrogens with one attached hydrogen (secondary N) is 2. The van der Waals surface area contributed by atoms with Gasteiger partial charge in [0.25, 0.3) is 0 Å². The predicted molar refractivity (Wildman–Crippen MR) is 146 cm³/mol. The number of nitrogens with zero attached hydrogens (tertiary/aromatic N) is 5. The molecule has 0 unspecified atom stereocenters. The standard InChI is InChI=1S/C30H20FN7O/c31-24-9-5-4-8-22(24)26-28-25(10-11-33-26)35-30(36-28)27-23-13-20(15-34-29(23)38-37-27)19-12-21(16-32-14-19)39-17-18-6-2-1-3-7-18/h1-16H,17H2,(H,35,36)(H,34,37,38). The molecule has 0 radical (unpaired) electrons. The Bertz CT molecular complexity index is 1950. The second-order valence-corrected chi connectivity index (χ2v) is 9.00. The SMILES string of the molecule is Fc1ccccc1-c1nccc2[nH]c(-c3n[nH]c4ncc(-c5cncc(OCc6ccccc6)c5)cc34)nc12. The van der Waals surface area contributed by atoms with Gasteiger partial charge in [-0.2, -0.15) is 5.10 Å². The minimum atomic E-state index is -0.357. The molecule has 5 aromatic heterocycles. The van der Waals surface area contributed by atoms with Crippen molar-refractivity contribution >= 4 is 22.1 Å². The quantitative estimate of drug-likeness (QED) is 0.269. The summed E-state index contributed by atoms with van der Waals surface area (Å²) in [5.41, 5.74) is 6.14. The van der Waals surface area contributed by atoms with E-state index in [1.54, 1.807) is 49.1 Å². The Morgan fingerprint density at radius 2 is 1.67 bits per heavy atom. The second-order valence-electron chi connectivity index (χ2n) is 9.00. The number of pyridine rings is 3. The van der Waals surface area contributed by atoms with Crippen LogP contribution in [0.15, 0.2) is 97.6 Å². The second kappa shape index (κ2) is 9.46. The average Bonchev–Trinajstić information content (AvgIpc) is 3.61. The highest BCUT2D eigenvalue weighted by Gasteiger charge is 2.18. The van der Waals surface area contributed by atoms with Crippen molar-refractivity contribution in [1.29, 1.82) is 0 Å². The minimum Gasteiger partial charge on any atom is -0.487 e. The summed E-state index contributed by atoms with van der Waals surface area (Å²) in [4.78, 5) is 21.4. The summed E-state index contributed by atoms with van der Waals surface area (Å²) in [6, 6.07) is 22.2. The van der Waals surface area contributed by atoms with E-state index in [0.29, 0.717) is 46.3 Å². The first kappa shape index (κ1) is 22.7. The zero-order valence-electron chi connectivity index (χ0n) is 20.5. The van der Waals surface area contributed by atoms with E-state index >= 15 is 0 Å². The Balaban J connectivity index is 1.25. The zero-order valence-corrected chi connectivity index (χ0v) is 20.5. The van der Waals surface area contributed by atoms with Gasteiger partial charge in [-0.05, 0) is 35.9 Å². The van der Waals surface area contributed by atoms with Crippen LogP contribution in [-0.2, 0) is 6.61 Å². The number of benzene rings is 2. The smallest absolute Gasteiger partial charge is 0.159 e. The molecule has 0 atom stereocenters. The van der Waals surface area contributed by atoms with Gasteiger partial charge >= 0.3 is 0 Å². The maximum absolute atomic E-state index is 14.5. The van der Waals surface area contributed by atoms with Crippen LogP contribution in [0.3, 0.4) is 0 Å². The first-order chi connectivity index (χ1) is 19.2. The number of H-pyrrole nitrogens is 2. The lowest BCUT2D eigenvalue weighted by atomic mass is 10.1. The van der Waals surface area contributed by atoms with Crippen LogP contribution in [-0.4, -0.2) is 35.1 Å². The van der Waals surface area contributed by atoms with Gasteiger partial charge in [-0.1, -0.05) is 42.5 Å². The number of hydrogen-bond acceptors (Lipinski definition) is 6. The molecule has 0 aliphatic rings. The van der Waals surface area contributed by atoms with E-state index in [1.165, 1.54) is 6.07 Å². The summed E-state index contributed by atoms with van der Waals surface area (Å²) in [6.07, 6.45) is 6.86. The molecule has 0 bridgehead atoms. The van der Waals surface area contributed by atoms with Crippen LogP contribution < -0.4 is 4.74 Å². The number of fused-ring (bicyclic) bond motifs is 2. The molecule has 0 aliphatic heterocycles. The van der Waals surface area contributed by atoms with Crippen molar-refractivity contribution < 1.29 is 9.13 Å². The lowest BCUT2D eigenvalue weighted by Crippen LogP contribution is -1.96. The summed E-state index contributed by atoms with van der Waals surface area (Å²) < 4.78 is 20.5. The Hall–Kier alpha value is -5.44. The summed E-state index contributed by atoms with van der Waals surface area (Å²) >= 11 is 0. The molecule has 0 spiro atoms. The normalized spacial score (nSPS) is 11.3. The van der Waals surface area contributed by atoms with Crippen LogP contribution in [0.2, 0.25) is 0 Å². The van der Waals surface area contributed by atoms with E-state index in [9.17, 15) is 4.39 Å². The Labute approximate surface area is 221 Å². The fraction of sp³-hybridized carbons (Fsp3) is 0.0333. The molecular formula is C30H20FN7O. The number of hydrogen-bond donors (Lipinski definition) is 2. The molecule has 7 aromatic rings. The highest BCUT2D eigenvalue weighted by molar-refractivity contribution is 5.96. The van der Waals surface area contributed by atoms with Gasteiger partial charge in [0.15, 0.2) is 11.5 Å². The molecule has 9 heteroatoms. The van der Waals surface area contributed by atoms with E-state index < -0.39 is 0 Å². The van der Waals surface area contributed by atoms with Crippen molar-refractivity contribution in [2.75, 3.05) is 0 Å². The molecule has 0 saturated carbocycles. The van der Waals surface area contributed by atoms with Crippen LogP contribution >= 0.6 is 0 Å². The van der Waals surface area contributed by atoms with Gasteiger partial charge in [-0.3, -0.25) is 15.1 Å². The number of halogens is 1. The summed E-state index contributed by atoms with van der Waals surface area (Å²) in [6.45, 7) is 0.449. The molecule has 2 aromatic carbocycles. The Kier molecular flexibility index (Phi) is 5.51. The van der Waals surface area contributed by atoms with Crippen LogP contribution in [0.4, 0.5) is 4.39 Å². The van der Waals surface area contributed by atoms with Gasteiger partial charge in [-0.15, -0.1) is 0 Å². The molecule has 0 saturated heterocycles. The van der Waals surface area contributed by atoms with Crippen LogP contribution in [0.1, 0.15) is 5.56 Å².